The summed E-state index contributed by atoms with van der Waals surface area (Å²) in [5.41, 5.74) is 1.72. The van der Waals surface area contributed by atoms with Crippen LogP contribution in [0.25, 0.3) is 0 Å². The van der Waals surface area contributed by atoms with Gasteiger partial charge in [0.05, 0.1) is 0 Å². The van der Waals surface area contributed by atoms with Gasteiger partial charge in [0.25, 0.3) is 0 Å². The number of rotatable bonds is 4. The average Bonchev–Trinajstić information content (AvgIpc) is 2.27. The van der Waals surface area contributed by atoms with Gasteiger partial charge in [0, 0.05) is 12.3 Å². The molecule has 102 valence electrons. The maximum atomic E-state index is 11.2. The molecule has 1 rings (SSSR count). The summed E-state index contributed by atoms with van der Waals surface area (Å²) >= 11 is 0. The molecule has 0 spiro atoms. The summed E-state index contributed by atoms with van der Waals surface area (Å²) in [5.74, 6) is 0.316. The highest BCUT2D eigenvalue weighted by atomic mass is 16.5. The Kier molecular flexibility index (Phi) is 5.18. The molecule has 2 unspecified atom stereocenters. The molecule has 0 amide bonds. The van der Waals surface area contributed by atoms with Crippen molar-refractivity contribution in [1.29, 1.82) is 0 Å². The standard InChI is InChI=1S/C16H26O2/c1-6-15(17)18-13(3)9-10-14-12(2)8-7-11-16(14,4)5/h8-10,13-14H,6-7,11H2,1-5H3/b10-9+. The second-order valence-electron chi connectivity index (χ2n) is 5.89. The van der Waals surface area contributed by atoms with Gasteiger partial charge >= 0.3 is 5.97 Å². The molecule has 0 saturated heterocycles. The van der Waals surface area contributed by atoms with E-state index < -0.39 is 0 Å². The lowest BCUT2D eigenvalue weighted by Gasteiger charge is -2.36. The highest BCUT2D eigenvalue weighted by Crippen LogP contribution is 2.41. The molecule has 0 aromatic heterocycles. The first-order chi connectivity index (χ1) is 8.36. The molecule has 18 heavy (non-hydrogen) atoms. The summed E-state index contributed by atoms with van der Waals surface area (Å²) < 4.78 is 5.25. The summed E-state index contributed by atoms with van der Waals surface area (Å²) in [6.45, 7) is 10.5. The molecule has 0 heterocycles. The fraction of sp³-hybridized carbons (Fsp3) is 0.688. The summed E-state index contributed by atoms with van der Waals surface area (Å²) in [6.07, 6.45) is 9.23. The maximum absolute atomic E-state index is 11.2. The van der Waals surface area contributed by atoms with Crippen LogP contribution < -0.4 is 0 Å². The number of hydrogen-bond acceptors (Lipinski definition) is 2. The van der Waals surface area contributed by atoms with E-state index in [2.05, 4.69) is 32.9 Å². The van der Waals surface area contributed by atoms with E-state index in [1.807, 2.05) is 19.9 Å². The van der Waals surface area contributed by atoms with Crippen LogP contribution in [0.5, 0.6) is 0 Å². The molecule has 0 bridgehead atoms. The lowest BCUT2D eigenvalue weighted by molar-refractivity contribution is -0.145. The zero-order valence-corrected chi connectivity index (χ0v) is 12.3. The zero-order chi connectivity index (χ0) is 13.8. The molecular weight excluding hydrogens is 224 g/mol. The van der Waals surface area contributed by atoms with Crippen LogP contribution in [-0.2, 0) is 9.53 Å². The number of carbonyl (C=O) groups excluding carboxylic acids is 1. The Labute approximate surface area is 111 Å². The molecule has 1 aliphatic rings. The molecule has 0 aromatic carbocycles. The Bertz CT molecular complexity index is 350. The highest BCUT2D eigenvalue weighted by molar-refractivity contribution is 5.69. The van der Waals surface area contributed by atoms with Crippen molar-refractivity contribution >= 4 is 5.97 Å². The largest absolute Gasteiger partial charge is 0.458 e. The third-order valence-electron chi connectivity index (χ3n) is 3.77. The van der Waals surface area contributed by atoms with Gasteiger partial charge in [0.2, 0.25) is 0 Å². The number of ether oxygens (including phenoxy) is 1. The monoisotopic (exact) mass is 250 g/mol. The average molecular weight is 250 g/mol. The molecule has 0 N–H and O–H groups in total. The van der Waals surface area contributed by atoms with Crippen molar-refractivity contribution in [3.05, 3.63) is 23.8 Å². The summed E-state index contributed by atoms with van der Waals surface area (Å²) in [5, 5.41) is 0. The van der Waals surface area contributed by atoms with Crippen molar-refractivity contribution in [3.8, 4) is 0 Å². The molecule has 0 saturated carbocycles. The SMILES string of the molecule is CCC(=O)OC(C)/C=C/C1C(C)=CCCC1(C)C. The predicted octanol–water partition coefficient (Wildman–Crippen LogP) is 4.27. The van der Waals surface area contributed by atoms with E-state index in [1.165, 1.54) is 18.4 Å². The van der Waals surface area contributed by atoms with Gasteiger partial charge in [-0.15, -0.1) is 0 Å². The molecule has 0 fully saturated rings. The van der Waals surface area contributed by atoms with Crippen molar-refractivity contribution in [2.24, 2.45) is 11.3 Å². The lowest BCUT2D eigenvalue weighted by atomic mass is 9.68. The highest BCUT2D eigenvalue weighted by Gasteiger charge is 2.30. The number of hydrogen-bond donors (Lipinski definition) is 0. The van der Waals surface area contributed by atoms with E-state index >= 15 is 0 Å². The molecule has 2 atom stereocenters. The smallest absolute Gasteiger partial charge is 0.306 e. The number of esters is 1. The van der Waals surface area contributed by atoms with Crippen molar-refractivity contribution in [1.82, 2.24) is 0 Å². The topological polar surface area (TPSA) is 26.3 Å². The molecular formula is C16H26O2. The zero-order valence-electron chi connectivity index (χ0n) is 12.3. The molecule has 0 radical (unpaired) electrons. The van der Waals surface area contributed by atoms with Gasteiger partial charge in [0.15, 0.2) is 0 Å². The van der Waals surface area contributed by atoms with Gasteiger partial charge in [-0.3, -0.25) is 4.79 Å². The predicted molar refractivity (Wildman–Crippen MR) is 75.2 cm³/mol. The van der Waals surface area contributed by atoms with E-state index in [9.17, 15) is 4.79 Å². The van der Waals surface area contributed by atoms with Gasteiger partial charge in [-0.2, -0.15) is 0 Å². The Morgan fingerprint density at radius 3 is 2.83 bits per heavy atom. The van der Waals surface area contributed by atoms with Crippen LogP contribution in [-0.4, -0.2) is 12.1 Å². The number of carbonyl (C=O) groups is 1. The first-order valence-electron chi connectivity index (χ1n) is 6.91. The van der Waals surface area contributed by atoms with E-state index in [-0.39, 0.29) is 12.1 Å². The second kappa shape index (κ2) is 6.21. The third-order valence-corrected chi connectivity index (χ3v) is 3.77. The Balaban J connectivity index is 2.67. The minimum Gasteiger partial charge on any atom is -0.458 e. The van der Waals surface area contributed by atoms with Gasteiger partial charge < -0.3 is 4.74 Å². The fourth-order valence-electron chi connectivity index (χ4n) is 2.58. The van der Waals surface area contributed by atoms with E-state index in [0.717, 1.165) is 0 Å². The van der Waals surface area contributed by atoms with Crippen LogP contribution in [0.1, 0.15) is 53.9 Å². The normalized spacial score (nSPS) is 24.7. The van der Waals surface area contributed by atoms with Gasteiger partial charge in [-0.25, -0.2) is 0 Å². The van der Waals surface area contributed by atoms with Crippen molar-refractivity contribution < 1.29 is 9.53 Å². The van der Waals surface area contributed by atoms with Gasteiger partial charge in [-0.1, -0.05) is 38.5 Å². The van der Waals surface area contributed by atoms with Crippen molar-refractivity contribution in [2.75, 3.05) is 0 Å². The third kappa shape index (κ3) is 4.01. The summed E-state index contributed by atoms with van der Waals surface area (Å²) in [4.78, 5) is 11.2. The molecule has 2 heteroatoms. The maximum Gasteiger partial charge on any atom is 0.306 e. The molecule has 1 aliphatic carbocycles. The minimum absolute atomic E-state index is 0.136. The Morgan fingerprint density at radius 1 is 1.61 bits per heavy atom. The fourth-order valence-corrected chi connectivity index (χ4v) is 2.58. The molecule has 2 nitrogen and oxygen atoms in total. The van der Waals surface area contributed by atoms with Crippen LogP contribution in [0.4, 0.5) is 0 Å². The van der Waals surface area contributed by atoms with Crippen LogP contribution in [0, 0.1) is 11.3 Å². The second-order valence-corrected chi connectivity index (χ2v) is 5.89. The van der Waals surface area contributed by atoms with Crippen molar-refractivity contribution in [2.45, 2.75) is 60.0 Å². The van der Waals surface area contributed by atoms with E-state index in [4.69, 9.17) is 4.74 Å². The Hall–Kier alpha value is -1.05. The first kappa shape index (κ1) is 15.0. The van der Waals surface area contributed by atoms with Crippen LogP contribution >= 0.6 is 0 Å². The number of allylic oxidation sites excluding steroid dienone is 3. The van der Waals surface area contributed by atoms with Crippen molar-refractivity contribution in [3.63, 3.8) is 0 Å². The summed E-state index contributed by atoms with van der Waals surface area (Å²) in [6, 6.07) is 0. The minimum atomic E-state index is -0.137. The molecule has 0 aromatic rings. The lowest BCUT2D eigenvalue weighted by Crippen LogP contribution is -2.26. The Morgan fingerprint density at radius 2 is 2.28 bits per heavy atom. The van der Waals surface area contributed by atoms with Gasteiger partial charge in [0.1, 0.15) is 6.10 Å². The van der Waals surface area contributed by atoms with Gasteiger partial charge in [-0.05, 0) is 38.2 Å². The summed E-state index contributed by atoms with van der Waals surface area (Å²) in [7, 11) is 0. The van der Waals surface area contributed by atoms with Crippen LogP contribution in [0.2, 0.25) is 0 Å². The van der Waals surface area contributed by atoms with E-state index in [1.54, 1.807) is 0 Å². The van der Waals surface area contributed by atoms with Crippen LogP contribution in [0.15, 0.2) is 23.8 Å². The first-order valence-corrected chi connectivity index (χ1v) is 6.91. The quantitative estimate of drug-likeness (QED) is 0.550. The van der Waals surface area contributed by atoms with Crippen LogP contribution in [0.3, 0.4) is 0 Å². The molecule has 0 aliphatic heterocycles. The van der Waals surface area contributed by atoms with E-state index in [0.29, 0.717) is 17.8 Å².